The van der Waals surface area contributed by atoms with Gasteiger partial charge < -0.3 is 15.1 Å². The molecular weight excluding hydrogens is 262 g/mol. The SMILES string of the molecule is Cc1cc(C)c(O)c(CN(C)c2cc(C)cc(C)c2O)c1. The summed E-state index contributed by atoms with van der Waals surface area (Å²) in [6, 6.07) is 7.87. The second-order valence-corrected chi connectivity index (χ2v) is 5.90. The average molecular weight is 285 g/mol. The van der Waals surface area contributed by atoms with E-state index >= 15 is 0 Å². The Bertz CT molecular complexity index is 677. The number of phenols is 2. The van der Waals surface area contributed by atoms with Gasteiger partial charge in [0.25, 0.3) is 0 Å². The lowest BCUT2D eigenvalue weighted by atomic mass is 10.0. The molecule has 2 aromatic carbocycles. The molecule has 0 saturated carbocycles. The Morgan fingerprint density at radius 3 is 1.95 bits per heavy atom. The minimum Gasteiger partial charge on any atom is -0.507 e. The molecule has 0 bridgehead atoms. The molecule has 21 heavy (non-hydrogen) atoms. The number of aromatic hydroxyl groups is 2. The first-order valence-corrected chi connectivity index (χ1v) is 7.10. The topological polar surface area (TPSA) is 43.7 Å². The molecule has 0 saturated heterocycles. The highest BCUT2D eigenvalue weighted by atomic mass is 16.3. The molecule has 0 radical (unpaired) electrons. The Hall–Kier alpha value is -2.16. The molecule has 0 aliphatic heterocycles. The van der Waals surface area contributed by atoms with Crippen LogP contribution in [0.5, 0.6) is 11.5 Å². The molecule has 0 fully saturated rings. The standard InChI is InChI=1S/C18H23NO2/c1-11-6-13(3)17(20)15(8-11)10-19(5)16-9-12(2)7-14(4)18(16)21/h6-9,20-21H,10H2,1-5H3. The van der Waals surface area contributed by atoms with E-state index in [1.807, 2.05) is 63.9 Å². The van der Waals surface area contributed by atoms with E-state index < -0.39 is 0 Å². The van der Waals surface area contributed by atoms with E-state index in [4.69, 9.17) is 0 Å². The average Bonchev–Trinajstić information content (AvgIpc) is 2.39. The lowest BCUT2D eigenvalue weighted by Crippen LogP contribution is -2.17. The quantitative estimate of drug-likeness (QED) is 0.897. The molecule has 2 N–H and O–H groups in total. The summed E-state index contributed by atoms with van der Waals surface area (Å²) in [7, 11) is 1.92. The Morgan fingerprint density at radius 1 is 0.810 bits per heavy atom. The summed E-state index contributed by atoms with van der Waals surface area (Å²) in [5.41, 5.74) is 5.62. The van der Waals surface area contributed by atoms with Gasteiger partial charge in [-0.25, -0.2) is 0 Å². The highest BCUT2D eigenvalue weighted by Gasteiger charge is 2.13. The molecule has 0 aromatic heterocycles. The van der Waals surface area contributed by atoms with Crippen LogP contribution in [0, 0.1) is 27.7 Å². The van der Waals surface area contributed by atoms with Crippen LogP contribution in [0.25, 0.3) is 0 Å². The zero-order valence-electron chi connectivity index (χ0n) is 13.4. The number of nitrogens with zero attached hydrogens (tertiary/aromatic N) is 1. The third kappa shape index (κ3) is 3.13. The third-order valence-electron chi connectivity index (χ3n) is 3.77. The van der Waals surface area contributed by atoms with Crippen LogP contribution in [0.1, 0.15) is 27.8 Å². The molecule has 0 aliphatic carbocycles. The second kappa shape index (κ2) is 5.68. The highest BCUT2D eigenvalue weighted by Crippen LogP contribution is 2.33. The van der Waals surface area contributed by atoms with E-state index in [0.717, 1.165) is 33.5 Å². The van der Waals surface area contributed by atoms with Crippen molar-refractivity contribution >= 4 is 5.69 Å². The fraction of sp³-hybridized carbons (Fsp3) is 0.333. The van der Waals surface area contributed by atoms with Gasteiger partial charge >= 0.3 is 0 Å². The number of anilines is 1. The number of rotatable bonds is 3. The molecule has 0 amide bonds. The van der Waals surface area contributed by atoms with Crippen LogP contribution in [0.3, 0.4) is 0 Å². The predicted molar refractivity (Wildman–Crippen MR) is 87.3 cm³/mol. The van der Waals surface area contributed by atoms with E-state index in [1.54, 1.807) is 0 Å². The Balaban J connectivity index is 2.37. The third-order valence-corrected chi connectivity index (χ3v) is 3.77. The van der Waals surface area contributed by atoms with Gasteiger partial charge in [-0.05, 0) is 50.5 Å². The van der Waals surface area contributed by atoms with Crippen LogP contribution in [0.2, 0.25) is 0 Å². The Labute approximate surface area is 126 Å². The molecule has 3 nitrogen and oxygen atoms in total. The van der Waals surface area contributed by atoms with Crippen molar-refractivity contribution in [3.8, 4) is 11.5 Å². The molecule has 0 unspecified atom stereocenters. The van der Waals surface area contributed by atoms with Crippen molar-refractivity contribution in [3.63, 3.8) is 0 Å². The molecule has 112 valence electrons. The predicted octanol–water partition coefficient (Wildman–Crippen LogP) is 3.97. The molecule has 2 aromatic rings. The monoisotopic (exact) mass is 285 g/mol. The molecule has 0 atom stereocenters. The van der Waals surface area contributed by atoms with E-state index in [0.29, 0.717) is 18.0 Å². The Morgan fingerprint density at radius 2 is 1.33 bits per heavy atom. The van der Waals surface area contributed by atoms with E-state index in [-0.39, 0.29) is 0 Å². The number of hydrogen-bond acceptors (Lipinski definition) is 3. The smallest absolute Gasteiger partial charge is 0.141 e. The first kappa shape index (κ1) is 15.2. The summed E-state index contributed by atoms with van der Waals surface area (Å²) >= 11 is 0. The Kier molecular flexibility index (Phi) is 4.12. The number of aryl methyl sites for hydroxylation is 4. The second-order valence-electron chi connectivity index (χ2n) is 5.90. The van der Waals surface area contributed by atoms with E-state index in [2.05, 4.69) is 0 Å². The van der Waals surface area contributed by atoms with Gasteiger partial charge in [-0.2, -0.15) is 0 Å². The highest BCUT2D eigenvalue weighted by molar-refractivity contribution is 5.62. The summed E-state index contributed by atoms with van der Waals surface area (Å²) < 4.78 is 0. The van der Waals surface area contributed by atoms with Crippen molar-refractivity contribution in [2.75, 3.05) is 11.9 Å². The zero-order valence-corrected chi connectivity index (χ0v) is 13.4. The van der Waals surface area contributed by atoms with Crippen LogP contribution >= 0.6 is 0 Å². The van der Waals surface area contributed by atoms with Crippen LogP contribution in [0.15, 0.2) is 24.3 Å². The van der Waals surface area contributed by atoms with Gasteiger partial charge in [0.1, 0.15) is 11.5 Å². The van der Waals surface area contributed by atoms with Crippen LogP contribution in [-0.2, 0) is 6.54 Å². The van der Waals surface area contributed by atoms with E-state index in [1.165, 1.54) is 0 Å². The van der Waals surface area contributed by atoms with Gasteiger partial charge in [-0.1, -0.05) is 23.8 Å². The minimum atomic E-state index is 0.298. The lowest BCUT2D eigenvalue weighted by Gasteiger charge is -2.23. The maximum Gasteiger partial charge on any atom is 0.141 e. The molecule has 0 heterocycles. The van der Waals surface area contributed by atoms with Crippen molar-refractivity contribution in [2.45, 2.75) is 34.2 Å². The van der Waals surface area contributed by atoms with Crippen molar-refractivity contribution in [1.29, 1.82) is 0 Å². The van der Waals surface area contributed by atoms with Gasteiger partial charge in [0, 0.05) is 19.2 Å². The summed E-state index contributed by atoms with van der Waals surface area (Å²) in [4.78, 5) is 1.96. The summed E-state index contributed by atoms with van der Waals surface area (Å²) in [5, 5.41) is 20.5. The van der Waals surface area contributed by atoms with Crippen molar-refractivity contribution in [1.82, 2.24) is 0 Å². The maximum absolute atomic E-state index is 10.2. The van der Waals surface area contributed by atoms with Gasteiger partial charge in [0.15, 0.2) is 0 Å². The zero-order chi connectivity index (χ0) is 15.7. The summed E-state index contributed by atoms with van der Waals surface area (Å²) in [6.07, 6.45) is 0. The number of benzene rings is 2. The summed E-state index contributed by atoms with van der Waals surface area (Å²) in [6.45, 7) is 8.38. The molecular formula is C18H23NO2. The van der Waals surface area contributed by atoms with Gasteiger partial charge in [0.05, 0.1) is 5.69 Å². The molecule has 3 heteroatoms. The van der Waals surface area contributed by atoms with Crippen molar-refractivity contribution in [2.24, 2.45) is 0 Å². The van der Waals surface area contributed by atoms with E-state index in [9.17, 15) is 10.2 Å². The van der Waals surface area contributed by atoms with Crippen molar-refractivity contribution in [3.05, 3.63) is 52.1 Å². The molecule has 2 rings (SSSR count). The van der Waals surface area contributed by atoms with Crippen LogP contribution < -0.4 is 4.90 Å². The number of phenolic OH excluding ortho intramolecular Hbond substituents is 2. The van der Waals surface area contributed by atoms with Gasteiger partial charge in [0.2, 0.25) is 0 Å². The summed E-state index contributed by atoms with van der Waals surface area (Å²) in [5.74, 6) is 0.628. The molecule has 0 spiro atoms. The largest absolute Gasteiger partial charge is 0.507 e. The number of hydrogen-bond donors (Lipinski definition) is 2. The minimum absolute atomic E-state index is 0.298. The van der Waals surface area contributed by atoms with Crippen molar-refractivity contribution < 1.29 is 10.2 Å². The lowest BCUT2D eigenvalue weighted by molar-refractivity contribution is 0.461. The maximum atomic E-state index is 10.2. The fourth-order valence-corrected chi connectivity index (χ4v) is 2.74. The van der Waals surface area contributed by atoms with Gasteiger partial charge in [-0.3, -0.25) is 0 Å². The fourth-order valence-electron chi connectivity index (χ4n) is 2.74. The van der Waals surface area contributed by atoms with Gasteiger partial charge in [-0.15, -0.1) is 0 Å². The van der Waals surface area contributed by atoms with Crippen LogP contribution in [0.4, 0.5) is 5.69 Å². The van der Waals surface area contributed by atoms with Crippen LogP contribution in [-0.4, -0.2) is 17.3 Å². The first-order chi connectivity index (χ1) is 9.79. The molecule has 0 aliphatic rings. The first-order valence-electron chi connectivity index (χ1n) is 7.10. The normalized spacial score (nSPS) is 10.7.